The molecular formula is C15H19N7. The van der Waals surface area contributed by atoms with Crippen molar-refractivity contribution in [1.82, 2.24) is 29.1 Å². The van der Waals surface area contributed by atoms with Crippen LogP contribution in [0.5, 0.6) is 0 Å². The maximum atomic E-state index is 4.52. The number of fused-ring (bicyclic) bond motifs is 1. The lowest BCUT2D eigenvalue weighted by atomic mass is 10.1. The molecule has 22 heavy (non-hydrogen) atoms. The second-order valence-electron chi connectivity index (χ2n) is 5.76. The second kappa shape index (κ2) is 5.08. The van der Waals surface area contributed by atoms with E-state index >= 15 is 0 Å². The summed E-state index contributed by atoms with van der Waals surface area (Å²) in [4.78, 5) is 15.6. The molecule has 1 atom stereocenters. The molecule has 0 aliphatic carbocycles. The average Bonchev–Trinajstić information content (AvgIpc) is 3.25. The van der Waals surface area contributed by atoms with Gasteiger partial charge in [-0.2, -0.15) is 14.6 Å². The van der Waals surface area contributed by atoms with Gasteiger partial charge in [-0.3, -0.25) is 0 Å². The van der Waals surface area contributed by atoms with Gasteiger partial charge in [-0.25, -0.2) is 9.97 Å². The summed E-state index contributed by atoms with van der Waals surface area (Å²) < 4.78 is 3.95. The first-order chi connectivity index (χ1) is 10.8. The minimum absolute atomic E-state index is 0.455. The van der Waals surface area contributed by atoms with Crippen molar-refractivity contribution in [3.05, 3.63) is 36.3 Å². The van der Waals surface area contributed by atoms with E-state index in [9.17, 15) is 0 Å². The van der Waals surface area contributed by atoms with Crippen LogP contribution in [0.25, 0.3) is 5.78 Å². The lowest BCUT2D eigenvalue weighted by Gasteiger charge is -2.19. The molecule has 7 nitrogen and oxygen atoms in total. The molecule has 1 fully saturated rings. The van der Waals surface area contributed by atoms with Gasteiger partial charge in [-0.1, -0.05) is 6.92 Å². The minimum atomic E-state index is 0.455. The van der Waals surface area contributed by atoms with Gasteiger partial charge in [-0.05, 0) is 12.8 Å². The molecule has 3 aromatic heterocycles. The first-order valence-electron chi connectivity index (χ1n) is 7.68. The van der Waals surface area contributed by atoms with E-state index in [1.54, 1.807) is 6.33 Å². The Hall–Kier alpha value is -2.44. The number of imidazole rings is 1. The van der Waals surface area contributed by atoms with E-state index in [1.807, 2.05) is 16.9 Å². The normalized spacial score (nSPS) is 18.5. The van der Waals surface area contributed by atoms with Crippen LogP contribution in [-0.2, 0) is 13.5 Å². The van der Waals surface area contributed by atoms with E-state index in [1.165, 1.54) is 0 Å². The highest BCUT2D eigenvalue weighted by molar-refractivity contribution is 5.48. The number of rotatable bonds is 3. The Labute approximate surface area is 128 Å². The fourth-order valence-electron chi connectivity index (χ4n) is 3.20. The van der Waals surface area contributed by atoms with Crippen molar-refractivity contribution < 1.29 is 0 Å². The number of hydrogen-bond acceptors (Lipinski definition) is 5. The fraction of sp³-hybridized carbons (Fsp3) is 0.467. The SMILES string of the molecule is CCc1cc(N2CCC(c3nccn3C)C2)n2ncnc2n1. The van der Waals surface area contributed by atoms with Crippen LogP contribution < -0.4 is 4.90 Å². The highest BCUT2D eigenvalue weighted by atomic mass is 15.4. The van der Waals surface area contributed by atoms with Gasteiger partial charge in [0.25, 0.3) is 5.78 Å². The number of hydrogen-bond donors (Lipinski definition) is 0. The van der Waals surface area contributed by atoms with Crippen LogP contribution >= 0.6 is 0 Å². The van der Waals surface area contributed by atoms with Crippen LogP contribution in [0.2, 0.25) is 0 Å². The van der Waals surface area contributed by atoms with E-state index in [2.05, 4.69) is 49.6 Å². The molecule has 1 saturated heterocycles. The third kappa shape index (κ3) is 2.04. The molecule has 3 aromatic rings. The predicted molar refractivity (Wildman–Crippen MR) is 82.9 cm³/mol. The molecule has 4 heterocycles. The van der Waals surface area contributed by atoms with Crippen molar-refractivity contribution in [2.45, 2.75) is 25.7 Å². The van der Waals surface area contributed by atoms with Crippen LogP contribution in [0.15, 0.2) is 24.8 Å². The average molecular weight is 297 g/mol. The Morgan fingerprint density at radius 3 is 3.00 bits per heavy atom. The van der Waals surface area contributed by atoms with Crippen LogP contribution in [0.4, 0.5) is 5.82 Å². The second-order valence-corrected chi connectivity index (χ2v) is 5.76. The Bertz CT molecular complexity index is 803. The van der Waals surface area contributed by atoms with Crippen molar-refractivity contribution in [3.63, 3.8) is 0 Å². The highest BCUT2D eigenvalue weighted by Gasteiger charge is 2.28. The molecule has 1 aliphatic rings. The molecule has 0 aromatic carbocycles. The first kappa shape index (κ1) is 13.2. The molecular weight excluding hydrogens is 278 g/mol. The third-order valence-electron chi connectivity index (χ3n) is 4.38. The molecule has 0 amide bonds. The van der Waals surface area contributed by atoms with Crippen molar-refractivity contribution in [3.8, 4) is 0 Å². The van der Waals surface area contributed by atoms with Crippen molar-refractivity contribution in [1.29, 1.82) is 0 Å². The van der Waals surface area contributed by atoms with Gasteiger partial charge in [0.15, 0.2) is 0 Å². The summed E-state index contributed by atoms with van der Waals surface area (Å²) in [5.74, 6) is 3.37. The molecule has 1 unspecified atom stereocenters. The smallest absolute Gasteiger partial charge is 0.254 e. The first-order valence-corrected chi connectivity index (χ1v) is 7.68. The monoisotopic (exact) mass is 297 g/mol. The van der Waals surface area contributed by atoms with Gasteiger partial charge in [-0.15, -0.1) is 0 Å². The lowest BCUT2D eigenvalue weighted by molar-refractivity contribution is 0.664. The summed E-state index contributed by atoms with van der Waals surface area (Å²) in [6.07, 6.45) is 7.44. The molecule has 0 spiro atoms. The largest absolute Gasteiger partial charge is 0.356 e. The Balaban J connectivity index is 1.68. The van der Waals surface area contributed by atoms with E-state index in [4.69, 9.17) is 0 Å². The zero-order chi connectivity index (χ0) is 15.1. The zero-order valence-corrected chi connectivity index (χ0v) is 12.8. The van der Waals surface area contributed by atoms with E-state index in [0.29, 0.717) is 11.7 Å². The zero-order valence-electron chi connectivity index (χ0n) is 12.8. The third-order valence-corrected chi connectivity index (χ3v) is 4.38. The summed E-state index contributed by atoms with van der Waals surface area (Å²) in [6.45, 7) is 4.06. The molecule has 0 bridgehead atoms. The van der Waals surface area contributed by atoms with Crippen LogP contribution in [-0.4, -0.2) is 42.2 Å². The molecule has 1 aliphatic heterocycles. The number of aryl methyl sites for hydroxylation is 2. The number of nitrogens with zero attached hydrogens (tertiary/aromatic N) is 7. The van der Waals surface area contributed by atoms with Crippen molar-refractivity contribution >= 4 is 11.6 Å². The maximum Gasteiger partial charge on any atom is 0.254 e. The molecule has 4 rings (SSSR count). The van der Waals surface area contributed by atoms with E-state index in [0.717, 1.165) is 43.3 Å². The van der Waals surface area contributed by atoms with Gasteiger partial charge >= 0.3 is 0 Å². The summed E-state index contributed by atoms with van der Waals surface area (Å²) in [5.41, 5.74) is 1.05. The van der Waals surface area contributed by atoms with Crippen LogP contribution in [0, 0.1) is 0 Å². The summed E-state index contributed by atoms with van der Waals surface area (Å²) in [7, 11) is 2.06. The Kier molecular flexibility index (Phi) is 3.06. The van der Waals surface area contributed by atoms with E-state index < -0.39 is 0 Å². The summed E-state index contributed by atoms with van der Waals surface area (Å²) in [5, 5.41) is 4.32. The van der Waals surface area contributed by atoms with Crippen molar-refractivity contribution in [2.75, 3.05) is 18.0 Å². The maximum absolute atomic E-state index is 4.52. The van der Waals surface area contributed by atoms with Crippen molar-refractivity contribution in [2.24, 2.45) is 7.05 Å². The topological polar surface area (TPSA) is 64.1 Å². The van der Waals surface area contributed by atoms with Gasteiger partial charge in [0.1, 0.15) is 18.0 Å². The molecule has 0 radical (unpaired) electrons. The van der Waals surface area contributed by atoms with Gasteiger partial charge in [0.2, 0.25) is 0 Å². The van der Waals surface area contributed by atoms with Gasteiger partial charge in [0.05, 0.1) is 0 Å². The fourth-order valence-corrected chi connectivity index (χ4v) is 3.20. The summed E-state index contributed by atoms with van der Waals surface area (Å²) >= 11 is 0. The quantitative estimate of drug-likeness (QED) is 0.731. The molecule has 0 N–H and O–H groups in total. The Morgan fingerprint density at radius 2 is 2.23 bits per heavy atom. The standard InChI is InChI=1S/C15H19N7/c1-3-12-8-13(22-15(19-12)17-10-18-22)21-6-4-11(9-21)14-16-5-7-20(14)2/h5,7-8,10-11H,3-4,6,9H2,1-2H3. The lowest BCUT2D eigenvalue weighted by Crippen LogP contribution is -2.23. The van der Waals surface area contributed by atoms with Crippen LogP contribution in [0.1, 0.15) is 30.8 Å². The Morgan fingerprint density at radius 1 is 1.32 bits per heavy atom. The molecule has 7 heteroatoms. The highest BCUT2D eigenvalue weighted by Crippen LogP contribution is 2.29. The minimum Gasteiger partial charge on any atom is -0.356 e. The molecule has 0 saturated carbocycles. The number of aromatic nitrogens is 6. The predicted octanol–water partition coefficient (Wildman–Crippen LogP) is 1.41. The van der Waals surface area contributed by atoms with Gasteiger partial charge < -0.3 is 9.47 Å². The number of anilines is 1. The molecule has 114 valence electrons. The van der Waals surface area contributed by atoms with Crippen LogP contribution in [0.3, 0.4) is 0 Å². The van der Waals surface area contributed by atoms with Gasteiger partial charge in [0, 0.05) is 50.2 Å². The summed E-state index contributed by atoms with van der Waals surface area (Å²) in [6, 6.07) is 2.13. The van der Waals surface area contributed by atoms with E-state index in [-0.39, 0.29) is 0 Å².